The first-order valence-corrected chi connectivity index (χ1v) is 9.44. The molecular weight excluding hydrogens is 242 g/mol. The first-order valence-electron chi connectivity index (χ1n) is 9.44. The summed E-state index contributed by atoms with van der Waals surface area (Å²) in [6.45, 7) is 8.26. The fraction of sp³-hybridized carbons (Fsp3) is 1.00. The monoisotopic (exact) mass is 279 g/mol. The van der Waals surface area contributed by atoms with Crippen LogP contribution in [0.1, 0.15) is 85.0 Å². The molecule has 0 spiro atoms. The van der Waals surface area contributed by atoms with E-state index in [1.165, 1.54) is 64.3 Å². The minimum atomic E-state index is 0.647. The summed E-state index contributed by atoms with van der Waals surface area (Å²) >= 11 is 0. The van der Waals surface area contributed by atoms with Crippen LogP contribution in [-0.4, -0.2) is 12.6 Å². The zero-order chi connectivity index (χ0) is 14.4. The molecule has 4 unspecified atom stereocenters. The molecule has 2 rings (SSSR count). The van der Waals surface area contributed by atoms with Crippen molar-refractivity contribution in [1.29, 1.82) is 0 Å². The van der Waals surface area contributed by atoms with Crippen molar-refractivity contribution in [3.63, 3.8) is 0 Å². The Morgan fingerprint density at radius 3 is 2.50 bits per heavy atom. The second kappa shape index (κ2) is 8.41. The Morgan fingerprint density at radius 1 is 0.950 bits per heavy atom. The van der Waals surface area contributed by atoms with Crippen molar-refractivity contribution >= 4 is 0 Å². The Kier molecular flexibility index (Phi) is 6.87. The lowest BCUT2D eigenvalue weighted by molar-refractivity contribution is 0.132. The number of nitrogens with one attached hydrogen (secondary N) is 1. The van der Waals surface area contributed by atoms with Crippen LogP contribution in [0.25, 0.3) is 0 Å². The van der Waals surface area contributed by atoms with Gasteiger partial charge in [0.05, 0.1) is 0 Å². The topological polar surface area (TPSA) is 12.0 Å². The van der Waals surface area contributed by atoms with Gasteiger partial charge in [0.15, 0.2) is 0 Å². The van der Waals surface area contributed by atoms with Crippen LogP contribution in [0.3, 0.4) is 0 Å². The van der Waals surface area contributed by atoms with Crippen molar-refractivity contribution < 1.29 is 0 Å². The maximum absolute atomic E-state index is 3.74. The fourth-order valence-corrected chi connectivity index (χ4v) is 4.77. The lowest BCUT2D eigenvalue weighted by Crippen LogP contribution is -2.36. The third-order valence-electron chi connectivity index (χ3n) is 6.01. The van der Waals surface area contributed by atoms with Gasteiger partial charge in [0.1, 0.15) is 0 Å². The Bertz CT molecular complexity index is 260. The standard InChI is InChI=1S/C19H37N/c1-4-16-9-8-11-17(13-16)19-12-7-5-6-10-18(19)14-20-15(2)3/h15-20H,4-14H2,1-3H3. The predicted molar refractivity (Wildman–Crippen MR) is 88.9 cm³/mol. The van der Waals surface area contributed by atoms with Crippen LogP contribution in [-0.2, 0) is 0 Å². The van der Waals surface area contributed by atoms with Gasteiger partial charge in [-0.05, 0) is 49.5 Å². The predicted octanol–water partition coefficient (Wildman–Crippen LogP) is 5.40. The van der Waals surface area contributed by atoms with Crippen molar-refractivity contribution in [2.75, 3.05) is 6.54 Å². The quantitative estimate of drug-likeness (QED) is 0.665. The summed E-state index contributed by atoms with van der Waals surface area (Å²) in [6.07, 6.45) is 15.0. The molecule has 0 heterocycles. The minimum Gasteiger partial charge on any atom is -0.314 e. The normalized spacial score (nSPS) is 36.0. The van der Waals surface area contributed by atoms with E-state index in [-0.39, 0.29) is 0 Å². The van der Waals surface area contributed by atoms with Gasteiger partial charge in [0.25, 0.3) is 0 Å². The lowest BCUT2D eigenvalue weighted by atomic mass is 9.68. The first-order chi connectivity index (χ1) is 9.70. The highest BCUT2D eigenvalue weighted by Crippen LogP contribution is 2.42. The molecule has 0 saturated heterocycles. The highest BCUT2D eigenvalue weighted by Gasteiger charge is 2.33. The van der Waals surface area contributed by atoms with E-state index in [0.29, 0.717) is 6.04 Å². The summed E-state index contributed by atoms with van der Waals surface area (Å²) in [7, 11) is 0. The third-order valence-corrected chi connectivity index (χ3v) is 6.01. The van der Waals surface area contributed by atoms with Crippen LogP contribution in [0.2, 0.25) is 0 Å². The van der Waals surface area contributed by atoms with Gasteiger partial charge in [-0.3, -0.25) is 0 Å². The van der Waals surface area contributed by atoms with Gasteiger partial charge >= 0.3 is 0 Å². The van der Waals surface area contributed by atoms with Crippen molar-refractivity contribution in [1.82, 2.24) is 5.32 Å². The van der Waals surface area contributed by atoms with Crippen molar-refractivity contribution in [2.45, 2.75) is 91.0 Å². The molecule has 2 fully saturated rings. The van der Waals surface area contributed by atoms with Gasteiger partial charge in [-0.1, -0.05) is 65.7 Å². The fourth-order valence-electron chi connectivity index (χ4n) is 4.77. The van der Waals surface area contributed by atoms with Gasteiger partial charge in [-0.15, -0.1) is 0 Å². The Balaban J connectivity index is 1.95. The second-order valence-electron chi connectivity index (χ2n) is 7.83. The molecule has 0 aromatic heterocycles. The SMILES string of the molecule is CCC1CCCC(C2CCCCCC2CNC(C)C)C1. The van der Waals surface area contributed by atoms with Crippen LogP contribution in [0.5, 0.6) is 0 Å². The summed E-state index contributed by atoms with van der Waals surface area (Å²) in [6, 6.07) is 0.647. The largest absolute Gasteiger partial charge is 0.314 e. The molecule has 4 atom stereocenters. The molecule has 2 aliphatic rings. The average molecular weight is 280 g/mol. The van der Waals surface area contributed by atoms with Crippen LogP contribution < -0.4 is 5.32 Å². The molecule has 2 saturated carbocycles. The molecule has 0 aromatic rings. The second-order valence-corrected chi connectivity index (χ2v) is 7.83. The molecule has 0 aliphatic heterocycles. The van der Waals surface area contributed by atoms with Crippen LogP contribution in [0.15, 0.2) is 0 Å². The Hall–Kier alpha value is -0.0400. The Labute approximate surface area is 127 Å². The zero-order valence-corrected chi connectivity index (χ0v) is 14.2. The molecule has 0 radical (unpaired) electrons. The maximum atomic E-state index is 3.74. The number of hydrogen-bond acceptors (Lipinski definition) is 1. The molecule has 0 amide bonds. The molecular formula is C19H37N. The van der Waals surface area contributed by atoms with Gasteiger partial charge < -0.3 is 5.32 Å². The molecule has 1 N–H and O–H groups in total. The van der Waals surface area contributed by atoms with Crippen LogP contribution in [0, 0.1) is 23.7 Å². The summed E-state index contributed by atoms with van der Waals surface area (Å²) in [4.78, 5) is 0. The number of hydrogen-bond donors (Lipinski definition) is 1. The maximum Gasteiger partial charge on any atom is 0.00104 e. The molecule has 20 heavy (non-hydrogen) atoms. The highest BCUT2D eigenvalue weighted by molar-refractivity contribution is 4.85. The van der Waals surface area contributed by atoms with E-state index >= 15 is 0 Å². The van der Waals surface area contributed by atoms with E-state index in [1.54, 1.807) is 6.42 Å². The van der Waals surface area contributed by atoms with E-state index in [2.05, 4.69) is 26.1 Å². The molecule has 1 heteroatoms. The minimum absolute atomic E-state index is 0.647. The summed E-state index contributed by atoms with van der Waals surface area (Å²) in [5.74, 6) is 4.07. The first kappa shape index (κ1) is 16.3. The smallest absolute Gasteiger partial charge is 0.00104 e. The van der Waals surface area contributed by atoms with E-state index < -0.39 is 0 Å². The molecule has 1 nitrogen and oxygen atoms in total. The van der Waals surface area contributed by atoms with E-state index in [9.17, 15) is 0 Å². The van der Waals surface area contributed by atoms with Gasteiger partial charge in [-0.25, -0.2) is 0 Å². The summed E-state index contributed by atoms with van der Waals surface area (Å²) < 4.78 is 0. The van der Waals surface area contributed by atoms with Gasteiger partial charge in [-0.2, -0.15) is 0 Å². The van der Waals surface area contributed by atoms with E-state index in [0.717, 1.165) is 23.7 Å². The van der Waals surface area contributed by atoms with Gasteiger partial charge in [0, 0.05) is 6.04 Å². The molecule has 2 aliphatic carbocycles. The average Bonchev–Trinajstić information content (AvgIpc) is 2.70. The highest BCUT2D eigenvalue weighted by atomic mass is 14.9. The Morgan fingerprint density at radius 2 is 1.75 bits per heavy atom. The van der Waals surface area contributed by atoms with E-state index in [4.69, 9.17) is 0 Å². The third kappa shape index (κ3) is 4.76. The molecule has 0 bridgehead atoms. The molecule has 0 aromatic carbocycles. The van der Waals surface area contributed by atoms with Crippen molar-refractivity contribution in [2.24, 2.45) is 23.7 Å². The van der Waals surface area contributed by atoms with Crippen LogP contribution in [0.4, 0.5) is 0 Å². The van der Waals surface area contributed by atoms with Gasteiger partial charge in [0.2, 0.25) is 0 Å². The lowest BCUT2D eigenvalue weighted by Gasteiger charge is -2.38. The molecule has 118 valence electrons. The van der Waals surface area contributed by atoms with E-state index in [1.807, 2.05) is 0 Å². The van der Waals surface area contributed by atoms with Crippen LogP contribution >= 0.6 is 0 Å². The summed E-state index contributed by atoms with van der Waals surface area (Å²) in [5.41, 5.74) is 0. The zero-order valence-electron chi connectivity index (χ0n) is 14.2. The van der Waals surface area contributed by atoms with Crippen molar-refractivity contribution in [3.8, 4) is 0 Å². The summed E-state index contributed by atoms with van der Waals surface area (Å²) in [5, 5.41) is 3.74. The number of rotatable bonds is 5. The van der Waals surface area contributed by atoms with Crippen molar-refractivity contribution in [3.05, 3.63) is 0 Å².